The molecule has 0 N–H and O–H groups in total. The monoisotopic (exact) mass is 205 g/mol. The Kier molecular flexibility index (Phi) is 4.02. The highest BCUT2D eigenvalue weighted by molar-refractivity contribution is 5.40. The van der Waals surface area contributed by atoms with Gasteiger partial charge in [0, 0.05) is 16.5 Å². The first-order valence-electron chi connectivity index (χ1n) is 4.10. The summed E-state index contributed by atoms with van der Waals surface area (Å²) in [7, 11) is 1.45. The molecule has 5 heteroatoms. The van der Waals surface area contributed by atoms with Crippen molar-refractivity contribution >= 4 is 0 Å². The Balaban J connectivity index is 2.87. The molecule has 0 aliphatic carbocycles. The third-order valence-electron chi connectivity index (χ3n) is 1.55. The molecular weight excluding hydrogens is 197 g/mol. The predicted molar refractivity (Wildman–Crippen MR) is 53.8 cm³/mol. The van der Waals surface area contributed by atoms with Gasteiger partial charge in [0.25, 0.3) is 0 Å². The smallest absolute Gasteiger partial charge is 0.128 e. The summed E-state index contributed by atoms with van der Waals surface area (Å²) < 4.78 is 17.8. The van der Waals surface area contributed by atoms with Gasteiger partial charge in [-0.1, -0.05) is 17.0 Å². The maximum Gasteiger partial charge on any atom is 0.128 e. The van der Waals surface area contributed by atoms with Crippen LogP contribution in [0.1, 0.15) is 5.56 Å². The number of azide groups is 1. The van der Waals surface area contributed by atoms with Gasteiger partial charge >= 0.3 is 0 Å². The van der Waals surface area contributed by atoms with Gasteiger partial charge in [0.2, 0.25) is 0 Å². The summed E-state index contributed by atoms with van der Waals surface area (Å²) >= 11 is 0. The molecule has 0 saturated heterocycles. The van der Waals surface area contributed by atoms with E-state index >= 15 is 0 Å². The Labute approximate surface area is 86.3 Å². The molecule has 15 heavy (non-hydrogen) atoms. The van der Waals surface area contributed by atoms with Crippen LogP contribution in [0, 0.1) is 17.7 Å². The zero-order valence-corrected chi connectivity index (χ0v) is 8.07. The number of rotatable bonds is 2. The van der Waals surface area contributed by atoms with Crippen LogP contribution in [0.4, 0.5) is 4.39 Å². The van der Waals surface area contributed by atoms with Crippen LogP contribution in [0.3, 0.4) is 0 Å². The van der Waals surface area contributed by atoms with E-state index in [1.54, 1.807) is 6.07 Å². The van der Waals surface area contributed by atoms with Crippen molar-refractivity contribution in [2.45, 2.75) is 0 Å². The molecule has 0 aromatic heterocycles. The molecule has 0 aliphatic rings. The summed E-state index contributed by atoms with van der Waals surface area (Å²) in [5.41, 5.74) is 8.49. The van der Waals surface area contributed by atoms with Crippen LogP contribution in [-0.4, -0.2) is 13.7 Å². The Morgan fingerprint density at radius 1 is 1.53 bits per heavy atom. The molecule has 0 radical (unpaired) electrons. The molecule has 0 bridgehead atoms. The molecule has 0 unspecified atom stereocenters. The first kappa shape index (κ1) is 10.9. The average Bonchev–Trinajstić information content (AvgIpc) is 2.23. The van der Waals surface area contributed by atoms with Gasteiger partial charge in [-0.25, -0.2) is 4.39 Å². The van der Waals surface area contributed by atoms with E-state index in [-0.39, 0.29) is 6.54 Å². The molecular formula is C10H8FN3O. The van der Waals surface area contributed by atoms with E-state index in [4.69, 9.17) is 10.3 Å². The fourth-order valence-electron chi connectivity index (χ4n) is 0.961. The van der Waals surface area contributed by atoms with Crippen LogP contribution < -0.4 is 4.74 Å². The van der Waals surface area contributed by atoms with Crippen molar-refractivity contribution in [3.63, 3.8) is 0 Å². The van der Waals surface area contributed by atoms with Crippen LogP contribution in [0.2, 0.25) is 0 Å². The van der Waals surface area contributed by atoms with Crippen molar-refractivity contribution in [3.05, 3.63) is 40.0 Å². The normalized spacial score (nSPS) is 8.40. The minimum atomic E-state index is -0.414. The number of hydrogen-bond acceptors (Lipinski definition) is 2. The number of hydrogen-bond donors (Lipinski definition) is 0. The third-order valence-corrected chi connectivity index (χ3v) is 1.55. The highest BCUT2D eigenvalue weighted by Crippen LogP contribution is 2.14. The lowest BCUT2D eigenvalue weighted by Crippen LogP contribution is -1.86. The fraction of sp³-hybridized carbons (Fsp3) is 0.200. The van der Waals surface area contributed by atoms with Gasteiger partial charge in [-0.3, -0.25) is 0 Å². The summed E-state index contributed by atoms with van der Waals surface area (Å²) in [6, 6.07) is 4.15. The van der Waals surface area contributed by atoms with Gasteiger partial charge in [0.15, 0.2) is 0 Å². The van der Waals surface area contributed by atoms with E-state index in [2.05, 4.69) is 21.9 Å². The second-order valence-corrected chi connectivity index (χ2v) is 2.57. The van der Waals surface area contributed by atoms with Crippen molar-refractivity contribution < 1.29 is 9.13 Å². The molecule has 0 amide bonds. The highest BCUT2D eigenvalue weighted by atomic mass is 19.1. The lowest BCUT2D eigenvalue weighted by atomic mass is 10.2. The molecule has 0 heterocycles. The van der Waals surface area contributed by atoms with Gasteiger partial charge in [-0.15, -0.1) is 0 Å². The zero-order valence-electron chi connectivity index (χ0n) is 8.07. The van der Waals surface area contributed by atoms with Crippen molar-refractivity contribution in [2.24, 2.45) is 5.11 Å². The van der Waals surface area contributed by atoms with E-state index < -0.39 is 5.82 Å². The molecule has 0 spiro atoms. The molecule has 76 valence electrons. The van der Waals surface area contributed by atoms with Crippen LogP contribution in [-0.2, 0) is 0 Å². The minimum Gasteiger partial charge on any atom is -0.497 e. The average molecular weight is 205 g/mol. The summed E-state index contributed by atoms with van der Waals surface area (Å²) in [6.07, 6.45) is 0. The first-order chi connectivity index (χ1) is 7.26. The third kappa shape index (κ3) is 3.59. The van der Waals surface area contributed by atoms with E-state index in [1.807, 2.05) is 0 Å². The highest BCUT2D eigenvalue weighted by Gasteiger charge is 1.97. The van der Waals surface area contributed by atoms with Crippen molar-refractivity contribution in [1.82, 2.24) is 0 Å². The Hall–Kier alpha value is -2.18. The predicted octanol–water partition coefficient (Wildman–Crippen LogP) is 2.50. The van der Waals surface area contributed by atoms with Crippen LogP contribution in [0.15, 0.2) is 23.3 Å². The Morgan fingerprint density at radius 2 is 2.33 bits per heavy atom. The molecule has 0 saturated carbocycles. The summed E-state index contributed by atoms with van der Waals surface area (Å²) in [5.74, 6) is 5.24. The zero-order chi connectivity index (χ0) is 11.1. The molecule has 1 rings (SSSR count). The van der Waals surface area contributed by atoms with E-state index in [0.717, 1.165) is 0 Å². The molecule has 4 nitrogen and oxygen atoms in total. The quantitative estimate of drug-likeness (QED) is 0.316. The van der Waals surface area contributed by atoms with E-state index in [0.29, 0.717) is 11.3 Å². The number of methoxy groups -OCH3 is 1. The lowest BCUT2D eigenvalue weighted by molar-refractivity contribution is 0.411. The standard InChI is InChI=1S/C10H8FN3O/c1-15-10-6-8(5-9(11)7-10)3-2-4-13-14-12/h5-7H,4H2,1H3. The van der Waals surface area contributed by atoms with Crippen molar-refractivity contribution in [2.75, 3.05) is 13.7 Å². The number of benzene rings is 1. The lowest BCUT2D eigenvalue weighted by Gasteiger charge is -1.99. The SMILES string of the molecule is COc1cc(F)cc(C#CCN=[N+]=[N-])c1. The summed E-state index contributed by atoms with van der Waals surface area (Å²) in [5, 5.41) is 3.23. The topological polar surface area (TPSA) is 58.0 Å². The van der Waals surface area contributed by atoms with Gasteiger partial charge in [0.05, 0.1) is 13.7 Å². The fourth-order valence-corrected chi connectivity index (χ4v) is 0.961. The molecule has 1 aromatic carbocycles. The molecule has 0 atom stereocenters. The second-order valence-electron chi connectivity index (χ2n) is 2.57. The largest absolute Gasteiger partial charge is 0.497 e. The number of halogens is 1. The van der Waals surface area contributed by atoms with Crippen molar-refractivity contribution in [1.29, 1.82) is 0 Å². The van der Waals surface area contributed by atoms with Crippen LogP contribution in [0.25, 0.3) is 10.4 Å². The number of ether oxygens (including phenoxy) is 1. The van der Waals surface area contributed by atoms with Crippen LogP contribution >= 0.6 is 0 Å². The molecule has 1 aromatic rings. The first-order valence-corrected chi connectivity index (χ1v) is 4.10. The molecule has 0 fully saturated rings. The van der Waals surface area contributed by atoms with Gasteiger partial charge in [-0.05, 0) is 17.7 Å². The summed E-state index contributed by atoms with van der Waals surface area (Å²) in [6.45, 7) is 0.0648. The maximum atomic E-state index is 13.0. The second kappa shape index (κ2) is 5.53. The van der Waals surface area contributed by atoms with Crippen molar-refractivity contribution in [3.8, 4) is 17.6 Å². The van der Waals surface area contributed by atoms with Gasteiger partial charge in [-0.2, -0.15) is 0 Å². The van der Waals surface area contributed by atoms with E-state index in [9.17, 15) is 4.39 Å². The van der Waals surface area contributed by atoms with E-state index in [1.165, 1.54) is 19.2 Å². The molecule has 0 aliphatic heterocycles. The summed E-state index contributed by atoms with van der Waals surface area (Å²) in [4.78, 5) is 2.54. The van der Waals surface area contributed by atoms with Crippen LogP contribution in [0.5, 0.6) is 5.75 Å². The minimum absolute atomic E-state index is 0.0648. The van der Waals surface area contributed by atoms with Gasteiger partial charge < -0.3 is 4.74 Å². The maximum absolute atomic E-state index is 13.0. The Morgan fingerprint density at radius 3 is 3.00 bits per heavy atom. The number of nitrogens with zero attached hydrogens (tertiary/aromatic N) is 3. The Bertz CT molecular complexity index is 455. The van der Waals surface area contributed by atoms with Gasteiger partial charge in [0.1, 0.15) is 11.6 Å².